The predicted octanol–water partition coefficient (Wildman–Crippen LogP) is 5.11. The summed E-state index contributed by atoms with van der Waals surface area (Å²) in [6.45, 7) is 5.25. The quantitative estimate of drug-likeness (QED) is 0.685. The van der Waals surface area contributed by atoms with E-state index in [2.05, 4.69) is 61.6 Å². The van der Waals surface area contributed by atoms with Crippen LogP contribution in [0.2, 0.25) is 0 Å². The van der Waals surface area contributed by atoms with E-state index in [1.54, 1.807) is 0 Å². The van der Waals surface area contributed by atoms with Gasteiger partial charge in [0.2, 0.25) is 5.91 Å². The van der Waals surface area contributed by atoms with E-state index in [1.165, 1.54) is 35.6 Å². The van der Waals surface area contributed by atoms with Crippen LogP contribution < -0.4 is 5.32 Å². The van der Waals surface area contributed by atoms with Gasteiger partial charge in [0.15, 0.2) is 0 Å². The number of benzene rings is 2. The summed E-state index contributed by atoms with van der Waals surface area (Å²) in [5.74, 6) is 0.796. The molecule has 0 bridgehead atoms. The minimum absolute atomic E-state index is 0.174. The van der Waals surface area contributed by atoms with Gasteiger partial charge in [-0.15, -0.1) is 0 Å². The highest BCUT2D eigenvalue weighted by Crippen LogP contribution is 2.19. The van der Waals surface area contributed by atoms with Gasteiger partial charge in [-0.3, -0.25) is 4.79 Å². The van der Waals surface area contributed by atoms with E-state index in [9.17, 15) is 4.79 Å². The van der Waals surface area contributed by atoms with Gasteiger partial charge in [0.05, 0.1) is 0 Å². The third kappa shape index (κ3) is 5.38. The molecule has 124 valence electrons. The average Bonchev–Trinajstić information content (AvgIpc) is 2.60. The minimum atomic E-state index is 0.174. The number of fused-ring (bicyclic) bond motifs is 1. The summed E-state index contributed by atoms with van der Waals surface area (Å²) in [4.78, 5) is 12.1. The van der Waals surface area contributed by atoms with Gasteiger partial charge in [-0.1, -0.05) is 75.6 Å². The van der Waals surface area contributed by atoms with E-state index in [0.29, 0.717) is 12.3 Å². The molecule has 0 aromatic heterocycles. The molecule has 0 saturated heterocycles. The molecule has 0 heterocycles. The van der Waals surface area contributed by atoms with Gasteiger partial charge < -0.3 is 5.32 Å². The Morgan fingerprint density at radius 1 is 1.09 bits per heavy atom. The summed E-state index contributed by atoms with van der Waals surface area (Å²) in [5.41, 5.74) is 1.26. The maximum atomic E-state index is 12.1. The van der Waals surface area contributed by atoms with Gasteiger partial charge in [-0.05, 0) is 35.1 Å². The Labute approximate surface area is 140 Å². The molecule has 2 rings (SSSR count). The summed E-state index contributed by atoms with van der Waals surface area (Å²) >= 11 is 0. The topological polar surface area (TPSA) is 29.1 Å². The molecular formula is C21H29NO. The van der Waals surface area contributed by atoms with Crippen molar-refractivity contribution in [3.05, 3.63) is 48.0 Å². The van der Waals surface area contributed by atoms with Crippen LogP contribution in [0, 0.1) is 5.92 Å². The summed E-state index contributed by atoms with van der Waals surface area (Å²) in [6, 6.07) is 14.7. The van der Waals surface area contributed by atoms with E-state index >= 15 is 0 Å². The smallest absolute Gasteiger partial charge is 0.220 e. The van der Waals surface area contributed by atoms with Gasteiger partial charge in [-0.2, -0.15) is 0 Å². The fourth-order valence-corrected chi connectivity index (χ4v) is 3.05. The molecule has 0 spiro atoms. The molecule has 2 nitrogen and oxygen atoms in total. The molecule has 0 fully saturated rings. The van der Waals surface area contributed by atoms with Crippen LogP contribution in [0.25, 0.3) is 10.8 Å². The van der Waals surface area contributed by atoms with E-state index in [4.69, 9.17) is 0 Å². The Morgan fingerprint density at radius 2 is 1.87 bits per heavy atom. The monoisotopic (exact) mass is 311 g/mol. The van der Waals surface area contributed by atoms with Gasteiger partial charge in [0.1, 0.15) is 0 Å². The molecule has 1 N–H and O–H groups in total. The molecule has 0 aliphatic heterocycles. The van der Waals surface area contributed by atoms with Crippen molar-refractivity contribution in [2.75, 3.05) is 6.54 Å². The Balaban J connectivity index is 1.84. The lowest BCUT2D eigenvalue weighted by Gasteiger charge is -2.15. The molecule has 2 heteroatoms. The van der Waals surface area contributed by atoms with Crippen LogP contribution in [0.4, 0.5) is 0 Å². The molecule has 0 radical (unpaired) electrons. The van der Waals surface area contributed by atoms with Gasteiger partial charge in [0.25, 0.3) is 0 Å². The molecule has 2 aromatic rings. The largest absolute Gasteiger partial charge is 0.356 e. The first kappa shape index (κ1) is 17.5. The number of carbonyl (C=O) groups excluding carboxylic acids is 1. The molecule has 1 amide bonds. The van der Waals surface area contributed by atoms with Crippen LogP contribution in [0.3, 0.4) is 0 Å². The fraction of sp³-hybridized carbons (Fsp3) is 0.476. The highest BCUT2D eigenvalue weighted by Gasteiger charge is 2.09. The summed E-state index contributed by atoms with van der Waals surface area (Å²) in [7, 11) is 0. The lowest BCUT2D eigenvalue weighted by Crippen LogP contribution is -2.29. The molecule has 0 aliphatic rings. The number of carbonyl (C=O) groups is 1. The van der Waals surface area contributed by atoms with Crippen LogP contribution in [-0.2, 0) is 11.2 Å². The highest BCUT2D eigenvalue weighted by molar-refractivity contribution is 5.86. The number of nitrogens with one attached hydrogen (secondary N) is 1. The van der Waals surface area contributed by atoms with Crippen molar-refractivity contribution in [1.82, 2.24) is 5.32 Å². The van der Waals surface area contributed by atoms with Crippen LogP contribution in [0.15, 0.2) is 42.5 Å². The van der Waals surface area contributed by atoms with E-state index in [-0.39, 0.29) is 5.91 Å². The van der Waals surface area contributed by atoms with Crippen molar-refractivity contribution in [3.8, 4) is 0 Å². The SMILES string of the molecule is CCCCC(CC)CNC(=O)CCc1cccc2ccccc12. The van der Waals surface area contributed by atoms with Crippen molar-refractivity contribution in [1.29, 1.82) is 0 Å². The van der Waals surface area contributed by atoms with Crippen LogP contribution in [0.5, 0.6) is 0 Å². The second-order valence-corrected chi connectivity index (χ2v) is 6.36. The highest BCUT2D eigenvalue weighted by atomic mass is 16.1. The second kappa shape index (κ2) is 9.34. The molecule has 1 unspecified atom stereocenters. The zero-order chi connectivity index (χ0) is 16.5. The first-order chi connectivity index (χ1) is 11.2. The van der Waals surface area contributed by atoms with Crippen molar-refractivity contribution < 1.29 is 4.79 Å². The zero-order valence-corrected chi connectivity index (χ0v) is 14.5. The van der Waals surface area contributed by atoms with Gasteiger partial charge in [0, 0.05) is 13.0 Å². The summed E-state index contributed by atoms with van der Waals surface area (Å²) in [5, 5.41) is 5.63. The van der Waals surface area contributed by atoms with E-state index in [1.807, 2.05) is 0 Å². The molecule has 0 saturated carbocycles. The molecule has 1 atom stereocenters. The molecule has 2 aromatic carbocycles. The van der Waals surface area contributed by atoms with Crippen molar-refractivity contribution in [2.24, 2.45) is 5.92 Å². The van der Waals surface area contributed by atoms with Gasteiger partial charge >= 0.3 is 0 Å². The number of amides is 1. The fourth-order valence-electron chi connectivity index (χ4n) is 3.05. The number of unbranched alkanes of at least 4 members (excludes halogenated alkanes) is 1. The normalized spacial score (nSPS) is 12.3. The first-order valence-corrected chi connectivity index (χ1v) is 8.98. The van der Waals surface area contributed by atoms with Crippen molar-refractivity contribution in [3.63, 3.8) is 0 Å². The Hall–Kier alpha value is -1.83. The third-order valence-corrected chi connectivity index (χ3v) is 4.63. The first-order valence-electron chi connectivity index (χ1n) is 8.98. The molecular weight excluding hydrogens is 282 g/mol. The maximum absolute atomic E-state index is 12.1. The number of aryl methyl sites for hydroxylation is 1. The van der Waals surface area contributed by atoms with Crippen molar-refractivity contribution in [2.45, 2.75) is 52.4 Å². The lowest BCUT2D eigenvalue weighted by atomic mass is 9.99. The van der Waals surface area contributed by atoms with Crippen LogP contribution >= 0.6 is 0 Å². The minimum Gasteiger partial charge on any atom is -0.356 e. The Morgan fingerprint density at radius 3 is 2.65 bits per heavy atom. The van der Waals surface area contributed by atoms with Gasteiger partial charge in [-0.25, -0.2) is 0 Å². The van der Waals surface area contributed by atoms with E-state index in [0.717, 1.165) is 19.4 Å². The van der Waals surface area contributed by atoms with Crippen molar-refractivity contribution >= 4 is 16.7 Å². The average molecular weight is 311 g/mol. The second-order valence-electron chi connectivity index (χ2n) is 6.36. The summed E-state index contributed by atoms with van der Waals surface area (Å²) < 4.78 is 0. The number of hydrogen-bond donors (Lipinski definition) is 1. The maximum Gasteiger partial charge on any atom is 0.220 e. The molecule has 23 heavy (non-hydrogen) atoms. The number of rotatable bonds is 9. The third-order valence-electron chi connectivity index (χ3n) is 4.63. The Kier molecular flexibility index (Phi) is 7.12. The number of hydrogen-bond acceptors (Lipinski definition) is 1. The Bertz CT molecular complexity index is 615. The predicted molar refractivity (Wildman–Crippen MR) is 98.6 cm³/mol. The molecule has 0 aliphatic carbocycles. The standard InChI is InChI=1S/C21H29NO/c1-3-5-9-17(4-2)16-22-21(23)15-14-19-12-8-11-18-10-6-7-13-20(18)19/h6-8,10-13,17H,3-5,9,14-16H2,1-2H3,(H,22,23). The lowest BCUT2D eigenvalue weighted by molar-refractivity contribution is -0.121. The summed E-state index contributed by atoms with van der Waals surface area (Å²) in [6.07, 6.45) is 6.22. The van der Waals surface area contributed by atoms with E-state index < -0.39 is 0 Å². The zero-order valence-electron chi connectivity index (χ0n) is 14.5. The van der Waals surface area contributed by atoms with Crippen LogP contribution in [0.1, 0.15) is 51.5 Å². The van der Waals surface area contributed by atoms with Crippen LogP contribution in [-0.4, -0.2) is 12.5 Å².